The van der Waals surface area contributed by atoms with Crippen molar-refractivity contribution in [3.05, 3.63) is 35.3 Å². The van der Waals surface area contributed by atoms with E-state index in [4.69, 9.17) is 9.47 Å². The molecule has 2 aliphatic rings. The second-order valence-corrected chi connectivity index (χ2v) is 8.04. The number of hydrogen-bond donors (Lipinski definition) is 1. The highest BCUT2D eigenvalue weighted by atomic mass is 32.1. The van der Waals surface area contributed by atoms with E-state index in [2.05, 4.69) is 10.3 Å². The second kappa shape index (κ2) is 8.60. The molecule has 148 valence electrons. The highest BCUT2D eigenvalue weighted by Crippen LogP contribution is 2.33. The predicted molar refractivity (Wildman–Crippen MR) is 106 cm³/mol. The lowest BCUT2D eigenvalue weighted by Gasteiger charge is -2.29. The predicted octanol–water partition coefficient (Wildman–Crippen LogP) is 3.53. The van der Waals surface area contributed by atoms with Crippen molar-refractivity contribution in [1.82, 2.24) is 9.88 Å². The molecule has 0 spiro atoms. The van der Waals surface area contributed by atoms with Crippen LogP contribution in [0.3, 0.4) is 0 Å². The average Bonchev–Trinajstić information content (AvgIpc) is 3.38. The summed E-state index contributed by atoms with van der Waals surface area (Å²) >= 11 is 1.36. The van der Waals surface area contributed by atoms with Gasteiger partial charge in [0.2, 0.25) is 12.7 Å². The van der Waals surface area contributed by atoms with Gasteiger partial charge >= 0.3 is 0 Å². The zero-order chi connectivity index (χ0) is 19.3. The van der Waals surface area contributed by atoms with Crippen LogP contribution in [-0.4, -0.2) is 41.6 Å². The molecule has 1 aromatic heterocycles. The van der Waals surface area contributed by atoms with Crippen LogP contribution in [-0.2, 0) is 4.79 Å². The molecule has 1 aromatic carbocycles. The number of amides is 2. The molecule has 0 atom stereocenters. The minimum absolute atomic E-state index is 0.00333. The van der Waals surface area contributed by atoms with Crippen LogP contribution in [0.5, 0.6) is 11.5 Å². The normalized spacial score (nSPS) is 16.0. The quantitative estimate of drug-likeness (QED) is 0.801. The van der Waals surface area contributed by atoms with Gasteiger partial charge in [0.15, 0.2) is 16.6 Å². The summed E-state index contributed by atoms with van der Waals surface area (Å²) in [5, 5.41) is 5.11. The van der Waals surface area contributed by atoms with Gasteiger partial charge in [0.1, 0.15) is 6.54 Å². The number of carbonyl (C=O) groups excluding carboxylic acids is 2. The first-order chi connectivity index (χ1) is 13.7. The molecule has 1 aliphatic carbocycles. The van der Waals surface area contributed by atoms with Gasteiger partial charge < -0.3 is 19.7 Å². The van der Waals surface area contributed by atoms with E-state index >= 15 is 0 Å². The number of nitrogens with one attached hydrogen (secondary N) is 1. The number of hydrogen-bond acceptors (Lipinski definition) is 6. The Balaban J connectivity index is 1.49. The number of aromatic nitrogens is 1. The largest absolute Gasteiger partial charge is 0.454 e. The first-order valence-corrected chi connectivity index (χ1v) is 10.5. The van der Waals surface area contributed by atoms with Crippen molar-refractivity contribution in [2.45, 2.75) is 32.1 Å². The number of thiazole rings is 1. The van der Waals surface area contributed by atoms with E-state index in [0.717, 1.165) is 12.8 Å². The van der Waals surface area contributed by atoms with Crippen LogP contribution in [0, 0.1) is 5.92 Å². The molecule has 2 heterocycles. The molecule has 2 amide bonds. The first kappa shape index (κ1) is 18.7. The smallest absolute Gasteiger partial charge is 0.254 e. The number of nitrogens with zero attached hydrogens (tertiary/aromatic N) is 2. The van der Waals surface area contributed by atoms with Gasteiger partial charge in [-0.2, -0.15) is 0 Å². The van der Waals surface area contributed by atoms with Crippen LogP contribution >= 0.6 is 11.3 Å². The summed E-state index contributed by atoms with van der Waals surface area (Å²) in [6.07, 6.45) is 7.44. The van der Waals surface area contributed by atoms with Gasteiger partial charge in [0.05, 0.1) is 0 Å². The Kier molecular flexibility index (Phi) is 5.76. The molecule has 4 rings (SSSR count). The van der Waals surface area contributed by atoms with Crippen LogP contribution in [0.15, 0.2) is 29.8 Å². The van der Waals surface area contributed by atoms with Crippen molar-refractivity contribution in [1.29, 1.82) is 0 Å². The van der Waals surface area contributed by atoms with Crippen LogP contribution in [0.25, 0.3) is 0 Å². The SMILES string of the molecule is O=C(CN(CC1CCCCC1)C(=O)c1ccc2c(c1)OCO2)Nc1nccs1. The number of ether oxygens (including phenoxy) is 2. The van der Waals surface area contributed by atoms with Gasteiger partial charge in [-0.05, 0) is 37.0 Å². The van der Waals surface area contributed by atoms with Crippen molar-refractivity contribution >= 4 is 28.3 Å². The maximum atomic E-state index is 13.2. The molecule has 0 bridgehead atoms. The topological polar surface area (TPSA) is 80.8 Å². The summed E-state index contributed by atoms with van der Waals surface area (Å²) in [4.78, 5) is 31.4. The molecule has 7 nitrogen and oxygen atoms in total. The summed E-state index contributed by atoms with van der Waals surface area (Å²) in [6, 6.07) is 5.16. The molecule has 2 aromatic rings. The molecular formula is C20H23N3O4S. The Bertz CT molecular complexity index is 834. The number of anilines is 1. The zero-order valence-electron chi connectivity index (χ0n) is 15.6. The molecular weight excluding hydrogens is 378 g/mol. The molecule has 28 heavy (non-hydrogen) atoms. The maximum Gasteiger partial charge on any atom is 0.254 e. The highest BCUT2D eigenvalue weighted by Gasteiger charge is 2.25. The lowest BCUT2D eigenvalue weighted by Crippen LogP contribution is -2.41. The van der Waals surface area contributed by atoms with Gasteiger partial charge in [0, 0.05) is 23.7 Å². The van der Waals surface area contributed by atoms with Crippen molar-refractivity contribution in [2.75, 3.05) is 25.2 Å². The van der Waals surface area contributed by atoms with Gasteiger partial charge in [-0.3, -0.25) is 9.59 Å². The highest BCUT2D eigenvalue weighted by molar-refractivity contribution is 7.13. The van der Waals surface area contributed by atoms with Crippen LogP contribution in [0.4, 0.5) is 5.13 Å². The Morgan fingerprint density at radius 3 is 2.79 bits per heavy atom. The van der Waals surface area contributed by atoms with E-state index in [1.807, 2.05) is 0 Å². The van der Waals surface area contributed by atoms with E-state index in [9.17, 15) is 9.59 Å². The van der Waals surface area contributed by atoms with Gasteiger partial charge in [0.25, 0.3) is 5.91 Å². The van der Waals surface area contributed by atoms with Crippen molar-refractivity contribution in [3.8, 4) is 11.5 Å². The number of rotatable bonds is 6. The van der Waals surface area contributed by atoms with E-state index < -0.39 is 0 Å². The molecule has 8 heteroatoms. The van der Waals surface area contributed by atoms with E-state index in [1.165, 1.54) is 30.6 Å². The summed E-state index contributed by atoms with van der Waals surface area (Å²) in [6.45, 7) is 0.747. The third kappa shape index (κ3) is 4.44. The van der Waals surface area contributed by atoms with Gasteiger partial charge in [-0.15, -0.1) is 11.3 Å². The minimum atomic E-state index is -0.236. The van der Waals surface area contributed by atoms with Gasteiger partial charge in [-0.1, -0.05) is 19.3 Å². The first-order valence-electron chi connectivity index (χ1n) is 9.57. The maximum absolute atomic E-state index is 13.2. The molecule has 1 saturated carbocycles. The average molecular weight is 401 g/mol. The second-order valence-electron chi connectivity index (χ2n) is 7.14. The van der Waals surface area contributed by atoms with Crippen LogP contribution < -0.4 is 14.8 Å². The van der Waals surface area contributed by atoms with E-state index in [0.29, 0.717) is 34.7 Å². The van der Waals surface area contributed by atoms with Crippen LogP contribution in [0.1, 0.15) is 42.5 Å². The fourth-order valence-electron chi connectivity index (χ4n) is 3.73. The number of fused-ring (bicyclic) bond motifs is 1. The monoisotopic (exact) mass is 401 g/mol. The standard InChI is InChI=1S/C20H23N3O4S/c24-18(22-20-21-8-9-28-20)12-23(11-14-4-2-1-3-5-14)19(25)15-6-7-16-17(10-15)27-13-26-16/h6-10,14H,1-5,11-13H2,(H,21,22,24). The summed E-state index contributed by atoms with van der Waals surface area (Å²) < 4.78 is 10.7. The third-order valence-corrected chi connectivity index (χ3v) is 5.81. The molecule has 0 unspecified atom stereocenters. The summed E-state index contributed by atoms with van der Waals surface area (Å²) in [5.74, 6) is 1.23. The molecule has 1 fully saturated rings. The Hall–Kier alpha value is -2.61. The summed E-state index contributed by atoms with van der Waals surface area (Å²) in [5.41, 5.74) is 0.502. The molecule has 0 radical (unpaired) electrons. The lowest BCUT2D eigenvalue weighted by molar-refractivity contribution is -0.117. The summed E-state index contributed by atoms with van der Waals surface area (Å²) in [7, 11) is 0. The van der Waals surface area contributed by atoms with Crippen molar-refractivity contribution in [3.63, 3.8) is 0 Å². The fourth-order valence-corrected chi connectivity index (χ4v) is 4.28. The zero-order valence-corrected chi connectivity index (χ0v) is 16.4. The number of carbonyl (C=O) groups is 2. The van der Waals surface area contributed by atoms with Crippen molar-refractivity contribution < 1.29 is 19.1 Å². The number of benzene rings is 1. The van der Waals surface area contributed by atoms with Crippen LogP contribution in [0.2, 0.25) is 0 Å². The molecule has 1 N–H and O–H groups in total. The fraction of sp³-hybridized carbons (Fsp3) is 0.450. The van der Waals surface area contributed by atoms with Crippen molar-refractivity contribution in [2.24, 2.45) is 5.92 Å². The van der Waals surface area contributed by atoms with Gasteiger partial charge in [-0.25, -0.2) is 4.98 Å². The Labute approximate surface area is 167 Å². The lowest BCUT2D eigenvalue weighted by atomic mass is 9.89. The Morgan fingerprint density at radius 1 is 1.18 bits per heavy atom. The van der Waals surface area contributed by atoms with E-state index in [1.54, 1.807) is 34.7 Å². The molecule has 1 aliphatic heterocycles. The van der Waals surface area contributed by atoms with E-state index in [-0.39, 0.29) is 25.2 Å². The Morgan fingerprint density at radius 2 is 2.00 bits per heavy atom. The third-order valence-electron chi connectivity index (χ3n) is 5.12. The minimum Gasteiger partial charge on any atom is -0.454 e. The molecule has 0 saturated heterocycles.